The van der Waals surface area contributed by atoms with Gasteiger partial charge < -0.3 is 10.1 Å². The van der Waals surface area contributed by atoms with Crippen LogP contribution in [0.1, 0.15) is 78.6 Å². The summed E-state index contributed by atoms with van der Waals surface area (Å²) in [5.41, 5.74) is 1.28. The highest BCUT2D eigenvalue weighted by Crippen LogP contribution is 2.80. The maximum absolute atomic E-state index is 12.2. The molecule has 3 nitrogen and oxygen atoms in total. The first-order chi connectivity index (χ1) is 12.4. The number of hydrogen-bond donors (Lipinski definition) is 1. The number of hydrogen-bond acceptors (Lipinski definition) is 3. The molecule has 0 radical (unpaired) electrons. The minimum atomic E-state index is -0.00534. The third kappa shape index (κ3) is 1.78. The highest BCUT2D eigenvalue weighted by atomic mass is 16.5. The molecule has 2 unspecified atom stereocenters. The van der Waals surface area contributed by atoms with Crippen LogP contribution in [0.2, 0.25) is 0 Å². The van der Waals surface area contributed by atoms with Crippen molar-refractivity contribution in [3.8, 4) is 0 Å². The molecule has 2 heterocycles. The zero-order chi connectivity index (χ0) is 18.3. The number of ether oxygens (including phenoxy) is 1. The quantitative estimate of drug-likeness (QED) is 0.749. The Hall–Kier alpha value is -0.570. The van der Waals surface area contributed by atoms with Gasteiger partial charge in [-0.1, -0.05) is 27.2 Å². The molecule has 2 aliphatic heterocycles. The van der Waals surface area contributed by atoms with Crippen LogP contribution in [-0.2, 0) is 9.53 Å². The zero-order valence-corrected chi connectivity index (χ0v) is 17.1. The molecule has 6 rings (SSSR count). The molecule has 0 aromatic carbocycles. The summed E-state index contributed by atoms with van der Waals surface area (Å²) in [4.78, 5) is 12.2. The highest BCUT2D eigenvalue weighted by Gasteiger charge is 2.79. The highest BCUT2D eigenvalue weighted by molar-refractivity contribution is 5.69. The summed E-state index contributed by atoms with van der Waals surface area (Å²) >= 11 is 0. The molecule has 8 atom stereocenters. The van der Waals surface area contributed by atoms with E-state index in [1.165, 1.54) is 44.9 Å². The van der Waals surface area contributed by atoms with Gasteiger partial charge in [-0.05, 0) is 84.9 Å². The van der Waals surface area contributed by atoms with E-state index in [2.05, 4.69) is 26.1 Å². The number of methoxy groups -OCH3 is 1. The molecule has 0 aromatic rings. The Balaban J connectivity index is 1.65. The van der Waals surface area contributed by atoms with Gasteiger partial charge in [0.2, 0.25) is 0 Å². The fourth-order valence-electron chi connectivity index (χ4n) is 9.61. The SMILES string of the molecule is COC(=O)CC[C@@]12C3N[C@@H]4[C@@H](CC[C@@]45CCC[C@H]51)[C@]2(C)CCC3C(C)C. The van der Waals surface area contributed by atoms with Gasteiger partial charge >= 0.3 is 5.97 Å². The lowest BCUT2D eigenvalue weighted by molar-refractivity contribution is -0.247. The van der Waals surface area contributed by atoms with Crippen molar-refractivity contribution >= 4 is 5.97 Å². The first-order valence-corrected chi connectivity index (χ1v) is 11.2. The number of nitrogens with one attached hydrogen (secondary N) is 1. The van der Waals surface area contributed by atoms with E-state index < -0.39 is 0 Å². The minimum Gasteiger partial charge on any atom is -0.469 e. The molecule has 1 spiro atoms. The predicted molar refractivity (Wildman–Crippen MR) is 103 cm³/mol. The van der Waals surface area contributed by atoms with Crippen LogP contribution in [0.3, 0.4) is 0 Å². The third-order valence-electron chi connectivity index (χ3n) is 10.4. The summed E-state index contributed by atoms with van der Waals surface area (Å²) < 4.78 is 5.09. The summed E-state index contributed by atoms with van der Waals surface area (Å²) in [5, 5.41) is 4.30. The molecule has 6 aliphatic rings. The van der Waals surface area contributed by atoms with Crippen molar-refractivity contribution in [2.45, 2.75) is 90.6 Å². The van der Waals surface area contributed by atoms with E-state index in [-0.39, 0.29) is 5.97 Å². The molecule has 4 saturated carbocycles. The Morgan fingerprint density at radius 1 is 1.15 bits per heavy atom. The number of carbonyl (C=O) groups excluding carboxylic acids is 1. The van der Waals surface area contributed by atoms with Crippen LogP contribution in [0.5, 0.6) is 0 Å². The molecule has 6 fully saturated rings. The molecule has 4 aliphatic carbocycles. The van der Waals surface area contributed by atoms with Crippen LogP contribution in [0.25, 0.3) is 0 Å². The van der Waals surface area contributed by atoms with E-state index >= 15 is 0 Å². The number of esters is 1. The minimum absolute atomic E-state index is 0.00534. The first-order valence-electron chi connectivity index (χ1n) is 11.2. The van der Waals surface area contributed by atoms with Crippen molar-refractivity contribution in [2.24, 2.45) is 39.9 Å². The van der Waals surface area contributed by atoms with Crippen molar-refractivity contribution in [2.75, 3.05) is 7.11 Å². The average molecular weight is 360 g/mol. The van der Waals surface area contributed by atoms with Crippen molar-refractivity contribution in [3.63, 3.8) is 0 Å². The molecule has 0 amide bonds. The molecule has 2 saturated heterocycles. The summed E-state index contributed by atoms with van der Waals surface area (Å²) in [6.45, 7) is 7.48. The van der Waals surface area contributed by atoms with E-state index in [1.807, 2.05) is 0 Å². The lowest BCUT2D eigenvalue weighted by Gasteiger charge is -2.76. The van der Waals surface area contributed by atoms with Crippen LogP contribution in [0.15, 0.2) is 0 Å². The molecule has 3 heteroatoms. The summed E-state index contributed by atoms with van der Waals surface area (Å²) in [6, 6.07) is 1.37. The average Bonchev–Trinajstić information content (AvgIpc) is 3.19. The van der Waals surface area contributed by atoms with Crippen LogP contribution < -0.4 is 5.32 Å². The van der Waals surface area contributed by atoms with E-state index in [0.717, 1.165) is 36.1 Å². The molecule has 1 N–H and O–H groups in total. The van der Waals surface area contributed by atoms with Crippen molar-refractivity contribution in [1.29, 1.82) is 0 Å². The van der Waals surface area contributed by atoms with Gasteiger partial charge in [0, 0.05) is 18.5 Å². The molecule has 146 valence electrons. The van der Waals surface area contributed by atoms with E-state index in [0.29, 0.717) is 28.7 Å². The van der Waals surface area contributed by atoms with Gasteiger partial charge in [0.25, 0.3) is 0 Å². The van der Waals surface area contributed by atoms with E-state index in [4.69, 9.17) is 4.74 Å². The second-order valence-electron chi connectivity index (χ2n) is 10.9. The van der Waals surface area contributed by atoms with Gasteiger partial charge in [0.05, 0.1) is 7.11 Å². The predicted octanol–water partition coefficient (Wildman–Crippen LogP) is 4.55. The number of carbonyl (C=O) groups is 1. The topological polar surface area (TPSA) is 38.3 Å². The van der Waals surface area contributed by atoms with Gasteiger partial charge in [-0.3, -0.25) is 4.79 Å². The Morgan fingerprint density at radius 3 is 2.69 bits per heavy atom. The monoisotopic (exact) mass is 359 g/mol. The lowest BCUT2D eigenvalue weighted by atomic mass is 9.33. The molecular weight excluding hydrogens is 322 g/mol. The second-order valence-corrected chi connectivity index (χ2v) is 10.9. The van der Waals surface area contributed by atoms with Crippen LogP contribution in [-0.4, -0.2) is 25.2 Å². The zero-order valence-electron chi connectivity index (χ0n) is 17.1. The Kier molecular flexibility index (Phi) is 3.70. The third-order valence-corrected chi connectivity index (χ3v) is 10.4. The molecule has 6 bridgehead atoms. The lowest BCUT2D eigenvalue weighted by Crippen LogP contribution is -2.80. The number of piperidine rings is 2. The van der Waals surface area contributed by atoms with Crippen molar-refractivity contribution < 1.29 is 9.53 Å². The fraction of sp³-hybridized carbons (Fsp3) is 0.957. The van der Waals surface area contributed by atoms with Crippen LogP contribution >= 0.6 is 0 Å². The first kappa shape index (κ1) is 17.5. The van der Waals surface area contributed by atoms with Gasteiger partial charge in [-0.25, -0.2) is 0 Å². The summed E-state index contributed by atoms with van der Waals surface area (Å²) in [5.74, 6) is 3.15. The molecule has 26 heavy (non-hydrogen) atoms. The number of rotatable bonds is 4. The van der Waals surface area contributed by atoms with Crippen LogP contribution in [0.4, 0.5) is 0 Å². The second kappa shape index (κ2) is 5.49. The standard InChI is InChI=1S/C23H37NO2/c1-14(2)15-7-11-21(3)16-8-12-22-10-5-6-17(22)23(21,13-9-18(25)26-4)19(15)24-20(16)22/h14-17,19-20,24H,5-13H2,1-4H3/t15?,16-,17-,19?,20-,21+,22-,23+/m1/s1. The maximum atomic E-state index is 12.2. The Bertz CT molecular complexity index is 617. The van der Waals surface area contributed by atoms with Crippen LogP contribution in [0, 0.1) is 39.9 Å². The normalized spacial score (nSPS) is 53.8. The van der Waals surface area contributed by atoms with Gasteiger partial charge in [-0.2, -0.15) is 0 Å². The smallest absolute Gasteiger partial charge is 0.305 e. The Morgan fingerprint density at radius 2 is 1.96 bits per heavy atom. The van der Waals surface area contributed by atoms with Gasteiger partial charge in [-0.15, -0.1) is 0 Å². The van der Waals surface area contributed by atoms with Gasteiger partial charge in [0.15, 0.2) is 0 Å². The maximum Gasteiger partial charge on any atom is 0.305 e. The summed E-state index contributed by atoms with van der Waals surface area (Å²) in [7, 11) is 1.55. The largest absolute Gasteiger partial charge is 0.469 e. The molecular formula is C23H37NO2. The Labute approximate surface area is 159 Å². The summed E-state index contributed by atoms with van der Waals surface area (Å²) in [6.07, 6.45) is 11.5. The van der Waals surface area contributed by atoms with Crippen molar-refractivity contribution in [1.82, 2.24) is 5.32 Å². The van der Waals surface area contributed by atoms with E-state index in [1.54, 1.807) is 7.11 Å². The molecule has 0 aromatic heterocycles. The van der Waals surface area contributed by atoms with Crippen molar-refractivity contribution in [3.05, 3.63) is 0 Å². The van der Waals surface area contributed by atoms with E-state index in [9.17, 15) is 4.79 Å². The van der Waals surface area contributed by atoms with Gasteiger partial charge in [0.1, 0.15) is 0 Å². The fourth-order valence-corrected chi connectivity index (χ4v) is 9.61.